The summed E-state index contributed by atoms with van der Waals surface area (Å²) in [6.45, 7) is 8.37. The predicted molar refractivity (Wildman–Crippen MR) is 98.6 cm³/mol. The molecule has 0 bridgehead atoms. The second-order valence-electron chi connectivity index (χ2n) is 6.30. The lowest BCUT2D eigenvalue weighted by Gasteiger charge is -2.14. The van der Waals surface area contributed by atoms with E-state index in [0.717, 1.165) is 29.6 Å². The smallest absolute Gasteiger partial charge is 0.111 e. The number of hydrogen-bond acceptors (Lipinski definition) is 4. The van der Waals surface area contributed by atoms with Crippen LogP contribution in [0.1, 0.15) is 53.1 Å². The first-order valence-corrected chi connectivity index (χ1v) is 8.72. The molecule has 0 unspecified atom stereocenters. The van der Waals surface area contributed by atoms with E-state index in [4.69, 9.17) is 4.55 Å². The van der Waals surface area contributed by atoms with E-state index in [1.165, 1.54) is 22.3 Å². The molecular formula is C19H23NO2S. The van der Waals surface area contributed by atoms with Gasteiger partial charge >= 0.3 is 0 Å². The topological polar surface area (TPSA) is 49.7 Å². The molecule has 2 aromatic rings. The number of nitroso groups, excluding NO2 is 1. The van der Waals surface area contributed by atoms with E-state index in [0.29, 0.717) is 11.4 Å². The van der Waals surface area contributed by atoms with E-state index >= 15 is 0 Å². The summed E-state index contributed by atoms with van der Waals surface area (Å²) in [5.41, 5.74) is 7.64. The van der Waals surface area contributed by atoms with Gasteiger partial charge in [0.05, 0.1) is 0 Å². The molecule has 0 fully saturated rings. The number of rotatable bonds is 6. The summed E-state index contributed by atoms with van der Waals surface area (Å²) in [6.07, 6.45) is 0.836. The van der Waals surface area contributed by atoms with Crippen molar-refractivity contribution in [1.29, 1.82) is 0 Å². The van der Waals surface area contributed by atoms with Gasteiger partial charge in [0, 0.05) is 5.75 Å². The van der Waals surface area contributed by atoms with Crippen molar-refractivity contribution in [3.05, 3.63) is 68.6 Å². The minimum atomic E-state index is 0.272. The molecule has 0 aliphatic rings. The Balaban J connectivity index is 2.36. The third-order valence-corrected chi connectivity index (χ3v) is 4.64. The van der Waals surface area contributed by atoms with Crippen LogP contribution in [0, 0.1) is 18.8 Å². The van der Waals surface area contributed by atoms with E-state index in [1.807, 2.05) is 12.1 Å². The first-order chi connectivity index (χ1) is 11.0. The molecule has 23 heavy (non-hydrogen) atoms. The van der Waals surface area contributed by atoms with Gasteiger partial charge in [0.2, 0.25) is 0 Å². The van der Waals surface area contributed by atoms with E-state index in [1.54, 1.807) is 0 Å². The molecule has 0 radical (unpaired) electrons. The van der Waals surface area contributed by atoms with E-state index in [2.05, 4.69) is 51.1 Å². The van der Waals surface area contributed by atoms with Crippen molar-refractivity contribution in [3.63, 3.8) is 0 Å². The van der Waals surface area contributed by atoms with Gasteiger partial charge < -0.3 is 4.55 Å². The lowest BCUT2D eigenvalue weighted by atomic mass is 9.91. The Morgan fingerprint density at radius 2 is 1.74 bits per heavy atom. The lowest BCUT2D eigenvalue weighted by Crippen LogP contribution is -1.99. The van der Waals surface area contributed by atoms with Gasteiger partial charge in [0.1, 0.15) is 5.69 Å². The van der Waals surface area contributed by atoms with Crippen LogP contribution in [0.3, 0.4) is 0 Å². The van der Waals surface area contributed by atoms with Crippen LogP contribution in [-0.2, 0) is 12.2 Å². The van der Waals surface area contributed by atoms with E-state index in [-0.39, 0.29) is 5.92 Å². The van der Waals surface area contributed by atoms with Gasteiger partial charge in [0.25, 0.3) is 0 Å². The van der Waals surface area contributed by atoms with E-state index < -0.39 is 0 Å². The van der Waals surface area contributed by atoms with Crippen molar-refractivity contribution in [2.75, 3.05) is 0 Å². The first-order valence-electron chi connectivity index (χ1n) is 7.77. The average molecular weight is 329 g/mol. The maximum atomic E-state index is 10.9. The fraction of sp³-hybridized carbons (Fsp3) is 0.368. The van der Waals surface area contributed by atoms with Crippen molar-refractivity contribution < 1.29 is 4.55 Å². The average Bonchev–Trinajstić information content (AvgIpc) is 2.51. The van der Waals surface area contributed by atoms with Gasteiger partial charge in [-0.15, -0.1) is 4.91 Å². The maximum Gasteiger partial charge on any atom is 0.111 e. The molecule has 0 heterocycles. The van der Waals surface area contributed by atoms with Gasteiger partial charge in [-0.25, -0.2) is 0 Å². The molecule has 0 amide bonds. The van der Waals surface area contributed by atoms with Crippen LogP contribution < -0.4 is 0 Å². The minimum Gasteiger partial charge on any atom is -0.330 e. The molecule has 0 aliphatic carbocycles. The largest absolute Gasteiger partial charge is 0.330 e. The Morgan fingerprint density at radius 1 is 1.09 bits per heavy atom. The lowest BCUT2D eigenvalue weighted by molar-refractivity contribution is 0.663. The second-order valence-corrected chi connectivity index (χ2v) is 6.84. The molecule has 4 heteroatoms. The summed E-state index contributed by atoms with van der Waals surface area (Å²) in [5, 5.41) is 3.13. The first kappa shape index (κ1) is 17.7. The molecule has 0 atom stereocenters. The Kier molecular flexibility index (Phi) is 5.97. The molecule has 0 saturated carbocycles. The molecule has 0 aliphatic heterocycles. The molecule has 0 aromatic heterocycles. The SMILES string of the molecule is Cc1cc(CSO)cc(C)c1Cc1ccc(N=O)c(C(C)C)c1. The zero-order valence-electron chi connectivity index (χ0n) is 14.1. The summed E-state index contributed by atoms with van der Waals surface area (Å²) >= 11 is 0.851. The van der Waals surface area contributed by atoms with Gasteiger partial charge in [-0.3, -0.25) is 0 Å². The molecule has 2 rings (SSSR count). The van der Waals surface area contributed by atoms with Crippen molar-refractivity contribution in [2.45, 2.75) is 45.8 Å². The van der Waals surface area contributed by atoms with Crippen molar-refractivity contribution in [1.82, 2.24) is 0 Å². The minimum absolute atomic E-state index is 0.272. The summed E-state index contributed by atoms with van der Waals surface area (Å²) in [5.74, 6) is 0.882. The highest BCUT2D eigenvalue weighted by molar-refractivity contribution is 7.92. The van der Waals surface area contributed by atoms with Crippen molar-refractivity contribution in [2.24, 2.45) is 5.18 Å². The van der Waals surface area contributed by atoms with Crippen molar-refractivity contribution in [3.8, 4) is 0 Å². The normalized spacial score (nSPS) is 11.0. The molecule has 3 nitrogen and oxygen atoms in total. The molecule has 0 saturated heterocycles. The van der Waals surface area contributed by atoms with Gasteiger partial charge in [-0.05, 0) is 82.9 Å². The van der Waals surface area contributed by atoms with Crippen LogP contribution in [0.15, 0.2) is 35.5 Å². The Labute approximate surface area is 142 Å². The van der Waals surface area contributed by atoms with Crippen LogP contribution in [-0.4, -0.2) is 4.55 Å². The molecular weight excluding hydrogens is 306 g/mol. The Hall–Kier alpha value is -1.65. The van der Waals surface area contributed by atoms with Crippen LogP contribution in [0.4, 0.5) is 5.69 Å². The Morgan fingerprint density at radius 3 is 2.26 bits per heavy atom. The summed E-state index contributed by atoms with van der Waals surface area (Å²) in [6, 6.07) is 10.2. The van der Waals surface area contributed by atoms with Crippen LogP contribution >= 0.6 is 12.0 Å². The van der Waals surface area contributed by atoms with Crippen LogP contribution in [0.5, 0.6) is 0 Å². The third-order valence-electron chi connectivity index (χ3n) is 4.18. The second kappa shape index (κ2) is 7.75. The molecule has 2 aromatic carbocycles. The fourth-order valence-electron chi connectivity index (χ4n) is 2.98. The predicted octanol–water partition coefficient (Wildman–Crippen LogP) is 6.12. The standard InChI is InChI=1S/C19H23NO2S/c1-12(2)17-9-15(5-6-19(17)20-21)10-18-13(3)7-16(11-23-22)8-14(18)4/h5-9,12,22H,10-11H2,1-4H3. The number of nitrogens with zero attached hydrogens (tertiary/aromatic N) is 1. The monoisotopic (exact) mass is 329 g/mol. The number of benzene rings is 2. The van der Waals surface area contributed by atoms with Crippen molar-refractivity contribution >= 4 is 17.7 Å². The highest BCUT2D eigenvalue weighted by Crippen LogP contribution is 2.29. The fourth-order valence-corrected chi connectivity index (χ4v) is 3.30. The molecule has 1 N–H and O–H groups in total. The third kappa shape index (κ3) is 4.21. The number of aryl methyl sites for hydroxylation is 2. The number of hydrogen-bond donors (Lipinski definition) is 1. The highest BCUT2D eigenvalue weighted by atomic mass is 32.2. The zero-order valence-corrected chi connectivity index (χ0v) is 14.9. The quantitative estimate of drug-likeness (QED) is 0.513. The molecule has 0 spiro atoms. The maximum absolute atomic E-state index is 10.9. The van der Waals surface area contributed by atoms with Gasteiger partial charge in [-0.2, -0.15) is 0 Å². The van der Waals surface area contributed by atoms with Crippen LogP contribution in [0.2, 0.25) is 0 Å². The molecule has 122 valence electrons. The summed E-state index contributed by atoms with van der Waals surface area (Å²) in [4.78, 5) is 10.9. The van der Waals surface area contributed by atoms with Crippen LogP contribution in [0.25, 0.3) is 0 Å². The van der Waals surface area contributed by atoms with Gasteiger partial charge in [0.15, 0.2) is 0 Å². The summed E-state index contributed by atoms with van der Waals surface area (Å²) in [7, 11) is 0. The zero-order chi connectivity index (χ0) is 17.0. The summed E-state index contributed by atoms with van der Waals surface area (Å²) < 4.78 is 9.02. The van der Waals surface area contributed by atoms with E-state index in [9.17, 15) is 4.91 Å². The Bertz CT molecular complexity index is 688. The van der Waals surface area contributed by atoms with Gasteiger partial charge in [-0.1, -0.05) is 38.1 Å². The highest BCUT2D eigenvalue weighted by Gasteiger charge is 2.11.